The number of aromatic hydroxyl groups is 1. The summed E-state index contributed by atoms with van der Waals surface area (Å²) in [6, 6.07) is 8.31. The molecule has 6 heteroatoms. The Bertz CT molecular complexity index is 1210. The first-order valence-electron chi connectivity index (χ1n) is 9.01. The van der Waals surface area contributed by atoms with Crippen LogP contribution in [0, 0.1) is 6.92 Å². The quantitative estimate of drug-likeness (QED) is 0.572. The molecule has 3 N–H and O–H groups in total. The van der Waals surface area contributed by atoms with Gasteiger partial charge in [0.25, 0.3) is 0 Å². The van der Waals surface area contributed by atoms with Gasteiger partial charge in [-0.05, 0) is 25.8 Å². The van der Waals surface area contributed by atoms with E-state index in [2.05, 4.69) is 4.98 Å². The number of para-hydroxylation sites is 1. The number of nitrogens with two attached hydrogens (primary N) is 1. The maximum atomic E-state index is 10.6. The van der Waals surface area contributed by atoms with Crippen molar-refractivity contribution in [3.05, 3.63) is 42.2 Å². The highest BCUT2D eigenvalue weighted by atomic mass is 16.5. The predicted octanol–water partition coefficient (Wildman–Crippen LogP) is 4.19. The number of nitrogens with zero attached hydrogens (tertiary/aromatic N) is 3. The molecular formula is C21H20N4O2. The predicted molar refractivity (Wildman–Crippen MR) is 106 cm³/mol. The van der Waals surface area contributed by atoms with Crippen LogP contribution in [0.2, 0.25) is 0 Å². The molecule has 27 heavy (non-hydrogen) atoms. The molecule has 1 aliphatic rings. The second-order valence-electron chi connectivity index (χ2n) is 7.13. The molecule has 0 aliphatic heterocycles. The SMILES string of the molecule is COc1ncc(-c2cccc3c(N)c4c(O)n(C5CC5)cc4nc23)cc1C. The Morgan fingerprint density at radius 2 is 2.11 bits per heavy atom. The molecule has 6 nitrogen and oxygen atoms in total. The fourth-order valence-corrected chi connectivity index (χ4v) is 3.77. The summed E-state index contributed by atoms with van der Waals surface area (Å²) in [6.45, 7) is 1.97. The van der Waals surface area contributed by atoms with Gasteiger partial charge in [0, 0.05) is 40.5 Å². The number of benzene rings is 1. The molecule has 136 valence electrons. The van der Waals surface area contributed by atoms with Crippen molar-refractivity contribution in [2.75, 3.05) is 12.8 Å². The van der Waals surface area contributed by atoms with Crippen LogP contribution in [-0.4, -0.2) is 26.8 Å². The largest absolute Gasteiger partial charge is 0.494 e. The van der Waals surface area contributed by atoms with E-state index >= 15 is 0 Å². The highest BCUT2D eigenvalue weighted by Gasteiger charge is 2.28. The lowest BCUT2D eigenvalue weighted by Gasteiger charge is -2.11. The van der Waals surface area contributed by atoms with Crippen LogP contribution < -0.4 is 10.5 Å². The molecule has 0 bridgehead atoms. The minimum absolute atomic E-state index is 0.215. The van der Waals surface area contributed by atoms with Crippen molar-refractivity contribution in [3.63, 3.8) is 0 Å². The van der Waals surface area contributed by atoms with Crippen molar-refractivity contribution in [2.45, 2.75) is 25.8 Å². The first-order valence-corrected chi connectivity index (χ1v) is 9.01. The van der Waals surface area contributed by atoms with E-state index in [4.69, 9.17) is 15.5 Å². The summed E-state index contributed by atoms with van der Waals surface area (Å²) in [7, 11) is 1.61. The van der Waals surface area contributed by atoms with Crippen molar-refractivity contribution >= 4 is 27.5 Å². The first kappa shape index (κ1) is 15.9. The van der Waals surface area contributed by atoms with Crippen LogP contribution in [0.1, 0.15) is 24.4 Å². The van der Waals surface area contributed by atoms with Crippen LogP contribution in [0.4, 0.5) is 5.69 Å². The number of hydrogen-bond acceptors (Lipinski definition) is 5. The van der Waals surface area contributed by atoms with E-state index in [1.54, 1.807) is 13.3 Å². The lowest BCUT2D eigenvalue weighted by Crippen LogP contribution is -1.95. The summed E-state index contributed by atoms with van der Waals surface area (Å²) in [5.74, 6) is 0.826. The molecule has 0 saturated heterocycles. The van der Waals surface area contributed by atoms with Gasteiger partial charge in [0.05, 0.1) is 29.2 Å². The topological polar surface area (TPSA) is 86.2 Å². The van der Waals surface area contributed by atoms with Gasteiger partial charge in [-0.15, -0.1) is 0 Å². The van der Waals surface area contributed by atoms with Gasteiger partial charge in [0.1, 0.15) is 0 Å². The minimum atomic E-state index is 0.215. The summed E-state index contributed by atoms with van der Waals surface area (Å²) in [6.07, 6.45) is 5.86. The number of methoxy groups -OCH3 is 1. The second kappa shape index (κ2) is 5.61. The van der Waals surface area contributed by atoms with E-state index in [9.17, 15) is 5.11 Å². The maximum Gasteiger partial charge on any atom is 0.215 e. The number of nitrogen functional groups attached to an aromatic ring is 1. The van der Waals surface area contributed by atoms with Gasteiger partial charge in [0.15, 0.2) is 0 Å². The van der Waals surface area contributed by atoms with Crippen LogP contribution >= 0.6 is 0 Å². The number of hydrogen-bond donors (Lipinski definition) is 2. The van der Waals surface area contributed by atoms with Crippen molar-refractivity contribution in [2.24, 2.45) is 0 Å². The number of fused-ring (bicyclic) bond motifs is 2. The van der Waals surface area contributed by atoms with Gasteiger partial charge in [-0.1, -0.05) is 18.2 Å². The van der Waals surface area contributed by atoms with E-state index in [1.165, 1.54) is 0 Å². The molecule has 1 fully saturated rings. The van der Waals surface area contributed by atoms with Crippen molar-refractivity contribution < 1.29 is 9.84 Å². The normalized spacial score (nSPS) is 14.1. The third-order valence-corrected chi connectivity index (χ3v) is 5.29. The zero-order chi connectivity index (χ0) is 18.7. The summed E-state index contributed by atoms with van der Waals surface area (Å²) in [4.78, 5) is 9.25. The van der Waals surface area contributed by atoms with Gasteiger partial charge in [-0.3, -0.25) is 0 Å². The van der Waals surface area contributed by atoms with Crippen LogP contribution in [0.25, 0.3) is 32.9 Å². The van der Waals surface area contributed by atoms with E-state index < -0.39 is 0 Å². The third kappa shape index (κ3) is 2.33. The molecule has 0 spiro atoms. The zero-order valence-electron chi connectivity index (χ0n) is 15.2. The number of pyridine rings is 2. The van der Waals surface area contributed by atoms with Crippen LogP contribution in [0.5, 0.6) is 11.8 Å². The second-order valence-corrected chi connectivity index (χ2v) is 7.13. The number of rotatable bonds is 3. The van der Waals surface area contributed by atoms with Gasteiger partial charge >= 0.3 is 0 Å². The Morgan fingerprint density at radius 1 is 1.30 bits per heavy atom. The van der Waals surface area contributed by atoms with Gasteiger partial charge in [-0.2, -0.15) is 0 Å². The Hall–Kier alpha value is -3.28. The zero-order valence-corrected chi connectivity index (χ0v) is 15.2. The average Bonchev–Trinajstić information content (AvgIpc) is 3.45. The Kier molecular flexibility index (Phi) is 3.31. The van der Waals surface area contributed by atoms with Crippen LogP contribution in [0.15, 0.2) is 36.7 Å². The van der Waals surface area contributed by atoms with E-state index in [0.717, 1.165) is 46.0 Å². The lowest BCUT2D eigenvalue weighted by atomic mass is 10.0. The van der Waals surface area contributed by atoms with E-state index in [0.29, 0.717) is 23.0 Å². The molecule has 4 aromatic rings. The summed E-state index contributed by atoms with van der Waals surface area (Å²) < 4.78 is 7.16. The van der Waals surface area contributed by atoms with Gasteiger partial charge < -0.3 is 20.1 Å². The van der Waals surface area contributed by atoms with Crippen molar-refractivity contribution in [3.8, 4) is 22.9 Å². The molecule has 3 heterocycles. The number of ether oxygens (including phenoxy) is 1. The first-order chi connectivity index (χ1) is 13.1. The van der Waals surface area contributed by atoms with Crippen molar-refractivity contribution in [1.82, 2.24) is 14.5 Å². The third-order valence-electron chi connectivity index (χ3n) is 5.29. The lowest BCUT2D eigenvalue weighted by molar-refractivity contribution is 0.394. The van der Waals surface area contributed by atoms with E-state index in [1.807, 2.05) is 42.0 Å². The molecule has 5 rings (SSSR count). The number of aryl methyl sites for hydroxylation is 1. The Balaban J connectivity index is 1.79. The molecule has 1 aromatic carbocycles. The summed E-state index contributed by atoms with van der Waals surface area (Å²) in [5, 5.41) is 12.1. The highest BCUT2D eigenvalue weighted by molar-refractivity contribution is 6.12. The molecule has 0 amide bonds. The van der Waals surface area contributed by atoms with E-state index in [-0.39, 0.29) is 5.88 Å². The summed E-state index contributed by atoms with van der Waals surface area (Å²) >= 11 is 0. The fourth-order valence-electron chi connectivity index (χ4n) is 3.77. The van der Waals surface area contributed by atoms with Crippen LogP contribution in [0.3, 0.4) is 0 Å². The van der Waals surface area contributed by atoms with Gasteiger partial charge in [-0.25, -0.2) is 9.97 Å². The smallest absolute Gasteiger partial charge is 0.215 e. The van der Waals surface area contributed by atoms with Crippen molar-refractivity contribution in [1.29, 1.82) is 0 Å². The van der Waals surface area contributed by atoms with Gasteiger partial charge in [0.2, 0.25) is 11.8 Å². The molecule has 0 atom stereocenters. The standard InChI is InChI=1S/C21H20N4O2/c1-11-8-12(9-23-20(11)27-2)14-4-3-5-15-18(22)17-16(24-19(14)15)10-25(21(17)26)13-6-7-13/h3-5,8-10,13,26H,6-7,22H2,1-2H3. The minimum Gasteiger partial charge on any atom is -0.494 e. The monoisotopic (exact) mass is 360 g/mol. The number of aromatic nitrogens is 3. The molecular weight excluding hydrogens is 340 g/mol. The summed E-state index contributed by atoms with van der Waals surface area (Å²) in [5.41, 5.74) is 11.4. The van der Waals surface area contributed by atoms with Crippen LogP contribution in [-0.2, 0) is 0 Å². The molecule has 0 radical (unpaired) electrons. The molecule has 1 saturated carbocycles. The maximum absolute atomic E-state index is 10.6. The Labute approximate surface area is 156 Å². The molecule has 0 unspecified atom stereocenters. The number of anilines is 1. The molecule has 1 aliphatic carbocycles. The molecule has 3 aromatic heterocycles. The highest BCUT2D eigenvalue weighted by Crippen LogP contribution is 2.44. The Morgan fingerprint density at radius 3 is 2.81 bits per heavy atom. The average molecular weight is 360 g/mol. The fraction of sp³-hybridized carbons (Fsp3) is 0.238.